The van der Waals surface area contributed by atoms with E-state index in [1.807, 2.05) is 43.0 Å². The average molecular weight is 313 g/mol. The fraction of sp³-hybridized carbons (Fsp3) is 0.375. The van der Waals surface area contributed by atoms with Gasteiger partial charge in [-0.15, -0.1) is 16.6 Å². The van der Waals surface area contributed by atoms with Gasteiger partial charge in [-0.05, 0) is 31.7 Å². The van der Waals surface area contributed by atoms with Crippen LogP contribution in [0.1, 0.15) is 25.5 Å². The number of methoxy groups -OCH3 is 1. The molecule has 0 aliphatic carbocycles. The summed E-state index contributed by atoms with van der Waals surface area (Å²) in [5.41, 5.74) is 0.963. The normalized spacial score (nSPS) is 12.7. The van der Waals surface area contributed by atoms with Gasteiger partial charge >= 0.3 is 5.97 Å². The molecule has 0 aliphatic rings. The summed E-state index contributed by atoms with van der Waals surface area (Å²) in [6.07, 6.45) is 5.58. The number of nitrogens with one attached hydrogen (secondary N) is 1. The molecule has 23 heavy (non-hydrogen) atoms. The second-order valence-corrected chi connectivity index (χ2v) is 5.60. The number of terminal acetylenes is 1. The van der Waals surface area contributed by atoms with Crippen molar-refractivity contribution in [2.45, 2.75) is 25.4 Å². The number of carbonyl (C=O) groups is 1. The lowest BCUT2D eigenvalue weighted by molar-refractivity contribution is -0.148. The van der Waals surface area contributed by atoms with Gasteiger partial charge in [-0.3, -0.25) is 4.90 Å². The van der Waals surface area contributed by atoms with Crippen LogP contribution < -0.4 is 0 Å². The van der Waals surface area contributed by atoms with E-state index in [0.29, 0.717) is 5.82 Å². The monoisotopic (exact) mass is 313 g/mol. The molecule has 2 rings (SSSR count). The number of hydrogen-bond acceptors (Lipinski definition) is 6. The first-order valence-electron chi connectivity index (χ1n) is 7.03. The van der Waals surface area contributed by atoms with Crippen molar-refractivity contribution in [1.29, 1.82) is 0 Å². The van der Waals surface area contributed by atoms with Gasteiger partial charge in [0.25, 0.3) is 0 Å². The van der Waals surface area contributed by atoms with Gasteiger partial charge < -0.3 is 4.74 Å². The first-order valence-corrected chi connectivity index (χ1v) is 7.03. The largest absolute Gasteiger partial charge is 0.468 e. The fourth-order valence-corrected chi connectivity index (χ4v) is 2.15. The summed E-state index contributed by atoms with van der Waals surface area (Å²) >= 11 is 0. The average Bonchev–Trinajstić information content (AvgIpc) is 3.09. The van der Waals surface area contributed by atoms with E-state index < -0.39 is 11.6 Å². The Hall–Kier alpha value is -2.72. The van der Waals surface area contributed by atoms with Crippen LogP contribution in [0.15, 0.2) is 24.3 Å². The molecule has 1 aromatic heterocycles. The number of nitrogens with zero attached hydrogens (tertiary/aromatic N) is 4. The summed E-state index contributed by atoms with van der Waals surface area (Å²) in [4.78, 5) is 14.1. The van der Waals surface area contributed by atoms with Crippen LogP contribution in [-0.4, -0.2) is 51.2 Å². The van der Waals surface area contributed by atoms with E-state index in [-0.39, 0.29) is 5.97 Å². The van der Waals surface area contributed by atoms with Crippen molar-refractivity contribution in [2.75, 3.05) is 14.2 Å². The summed E-state index contributed by atoms with van der Waals surface area (Å²) < 4.78 is 4.94. The van der Waals surface area contributed by atoms with E-state index in [4.69, 9.17) is 11.2 Å². The summed E-state index contributed by atoms with van der Waals surface area (Å²) in [6, 6.07) is 6.71. The number of likely N-dealkylation sites (N-methyl/N-ethyl adjacent to an activating group) is 1. The molecule has 0 aliphatic heterocycles. The number of carbonyl (C=O) groups excluding carboxylic acids is 1. The van der Waals surface area contributed by atoms with E-state index in [1.165, 1.54) is 7.11 Å². The zero-order valence-corrected chi connectivity index (χ0v) is 13.6. The van der Waals surface area contributed by atoms with E-state index in [9.17, 15) is 4.79 Å². The standard InChI is InChI=1S/C16H19N5O2/c1-6-16(2,3)21(4)13(15(22)23-5)11-7-9-12(10-8-11)14-17-19-20-18-14/h1,7-10,13H,2-5H3,(H,17,18,19,20). The molecule has 7 nitrogen and oxygen atoms in total. The maximum Gasteiger partial charge on any atom is 0.327 e. The van der Waals surface area contributed by atoms with Crippen LogP contribution in [0.25, 0.3) is 11.4 Å². The van der Waals surface area contributed by atoms with Gasteiger partial charge in [-0.1, -0.05) is 30.2 Å². The Morgan fingerprint density at radius 2 is 2.04 bits per heavy atom. The molecule has 2 aromatic rings. The predicted octanol–water partition coefficient (Wildman–Crippen LogP) is 1.42. The van der Waals surface area contributed by atoms with Gasteiger partial charge in [-0.2, -0.15) is 5.21 Å². The molecule has 0 spiro atoms. The molecule has 120 valence electrons. The topological polar surface area (TPSA) is 84.0 Å². The molecule has 1 unspecified atom stereocenters. The summed E-state index contributed by atoms with van der Waals surface area (Å²) in [5.74, 6) is 2.81. The van der Waals surface area contributed by atoms with Gasteiger partial charge in [0.1, 0.15) is 6.04 Å². The van der Waals surface area contributed by atoms with Crippen molar-refractivity contribution in [3.63, 3.8) is 0 Å². The first kappa shape index (κ1) is 16.6. The quantitative estimate of drug-likeness (QED) is 0.664. The SMILES string of the molecule is C#CC(C)(C)N(C)C(C(=O)OC)c1ccc(-c2nn[nH]n2)cc1. The highest BCUT2D eigenvalue weighted by Gasteiger charge is 2.34. The molecule has 7 heteroatoms. The lowest BCUT2D eigenvalue weighted by Crippen LogP contribution is -2.45. The minimum Gasteiger partial charge on any atom is -0.468 e. The molecule has 0 saturated heterocycles. The van der Waals surface area contributed by atoms with Crippen molar-refractivity contribution in [2.24, 2.45) is 0 Å². The summed E-state index contributed by atoms with van der Waals surface area (Å²) in [5, 5.41) is 13.8. The lowest BCUT2D eigenvalue weighted by atomic mass is 9.97. The Bertz CT molecular complexity index is 701. The van der Waals surface area contributed by atoms with Crippen molar-refractivity contribution >= 4 is 5.97 Å². The summed E-state index contributed by atoms with van der Waals surface area (Å²) in [7, 11) is 3.16. The number of esters is 1. The number of ether oxygens (including phenoxy) is 1. The van der Waals surface area contributed by atoms with E-state index >= 15 is 0 Å². The van der Waals surface area contributed by atoms with Gasteiger partial charge in [0.05, 0.1) is 12.6 Å². The molecule has 1 aromatic carbocycles. The van der Waals surface area contributed by atoms with Crippen molar-refractivity contribution in [3.8, 4) is 23.7 Å². The molecule has 1 heterocycles. The zero-order valence-electron chi connectivity index (χ0n) is 13.6. The molecule has 1 atom stereocenters. The zero-order chi connectivity index (χ0) is 17.0. The molecule has 1 N–H and O–H groups in total. The van der Waals surface area contributed by atoms with Crippen LogP contribution >= 0.6 is 0 Å². The Morgan fingerprint density at radius 3 is 2.52 bits per heavy atom. The third-order valence-corrected chi connectivity index (χ3v) is 3.88. The van der Waals surface area contributed by atoms with E-state index in [1.54, 1.807) is 7.05 Å². The van der Waals surface area contributed by atoms with Gasteiger partial charge in [0.2, 0.25) is 5.82 Å². The minimum absolute atomic E-state index is 0.372. The Morgan fingerprint density at radius 1 is 1.39 bits per heavy atom. The number of H-pyrrole nitrogens is 1. The highest BCUT2D eigenvalue weighted by atomic mass is 16.5. The second-order valence-electron chi connectivity index (χ2n) is 5.60. The third kappa shape index (κ3) is 3.38. The van der Waals surface area contributed by atoms with Crippen molar-refractivity contribution in [1.82, 2.24) is 25.5 Å². The van der Waals surface area contributed by atoms with Crippen LogP contribution in [-0.2, 0) is 9.53 Å². The Balaban J connectivity index is 2.37. The summed E-state index contributed by atoms with van der Waals surface area (Å²) in [6.45, 7) is 3.74. The van der Waals surface area contributed by atoms with Crippen molar-refractivity contribution < 1.29 is 9.53 Å². The third-order valence-electron chi connectivity index (χ3n) is 3.88. The van der Waals surface area contributed by atoms with Crippen LogP contribution in [0.4, 0.5) is 0 Å². The first-order chi connectivity index (χ1) is 10.9. The van der Waals surface area contributed by atoms with Crippen LogP contribution in [0.5, 0.6) is 0 Å². The molecule has 0 bridgehead atoms. The van der Waals surface area contributed by atoms with Gasteiger partial charge in [-0.25, -0.2) is 4.79 Å². The van der Waals surface area contributed by atoms with Crippen LogP contribution in [0, 0.1) is 12.3 Å². The maximum atomic E-state index is 12.3. The second kappa shape index (κ2) is 6.58. The van der Waals surface area contributed by atoms with Crippen LogP contribution in [0.3, 0.4) is 0 Å². The lowest BCUT2D eigenvalue weighted by Gasteiger charge is -2.36. The molecule has 0 radical (unpaired) electrons. The smallest absolute Gasteiger partial charge is 0.327 e. The molecule has 0 fully saturated rings. The fourth-order valence-electron chi connectivity index (χ4n) is 2.15. The van der Waals surface area contributed by atoms with Crippen molar-refractivity contribution in [3.05, 3.63) is 29.8 Å². The Kier molecular flexibility index (Phi) is 4.77. The number of aromatic nitrogens is 4. The number of aromatic amines is 1. The van der Waals surface area contributed by atoms with Gasteiger partial charge in [0.15, 0.2) is 0 Å². The molecular weight excluding hydrogens is 294 g/mol. The predicted molar refractivity (Wildman–Crippen MR) is 85.0 cm³/mol. The van der Waals surface area contributed by atoms with Gasteiger partial charge in [0, 0.05) is 5.56 Å². The van der Waals surface area contributed by atoms with E-state index in [0.717, 1.165) is 11.1 Å². The number of benzene rings is 1. The number of rotatable bonds is 5. The highest BCUT2D eigenvalue weighted by molar-refractivity contribution is 5.78. The van der Waals surface area contributed by atoms with Crippen LogP contribution in [0.2, 0.25) is 0 Å². The van der Waals surface area contributed by atoms with E-state index in [2.05, 4.69) is 26.5 Å². The molecule has 0 amide bonds. The Labute approximate surface area is 135 Å². The maximum absolute atomic E-state index is 12.3. The minimum atomic E-state index is -0.606. The number of tetrazole rings is 1. The number of hydrogen-bond donors (Lipinski definition) is 1. The molecular formula is C16H19N5O2. The molecule has 0 saturated carbocycles. The highest BCUT2D eigenvalue weighted by Crippen LogP contribution is 2.28.